The number of carboxylic acid groups (broad SMARTS) is 1. The van der Waals surface area contributed by atoms with Crippen molar-refractivity contribution in [3.05, 3.63) is 0 Å². The molecule has 6 nitrogen and oxygen atoms in total. The summed E-state index contributed by atoms with van der Waals surface area (Å²) in [5.41, 5.74) is 0. The highest BCUT2D eigenvalue weighted by molar-refractivity contribution is 7.91. The van der Waals surface area contributed by atoms with Crippen molar-refractivity contribution in [3.63, 3.8) is 0 Å². The van der Waals surface area contributed by atoms with Crippen LogP contribution in [0.3, 0.4) is 0 Å². The summed E-state index contributed by atoms with van der Waals surface area (Å²) in [7, 11) is -3.03. The number of aliphatic carboxylic acids is 1. The summed E-state index contributed by atoms with van der Waals surface area (Å²) in [6.45, 7) is 0. The van der Waals surface area contributed by atoms with Crippen LogP contribution >= 0.6 is 0 Å². The Hall–Kier alpha value is -1.11. The predicted molar refractivity (Wildman–Crippen MR) is 68.3 cm³/mol. The molecule has 0 aromatic heterocycles. The Kier molecular flexibility index (Phi) is 4.13. The molecule has 0 spiro atoms. The topological polar surface area (TPSA) is 101 Å². The van der Waals surface area contributed by atoms with Crippen LogP contribution in [0.1, 0.15) is 32.1 Å². The second-order valence-electron chi connectivity index (χ2n) is 5.44. The molecular formula is C12H19NO5S. The lowest BCUT2D eigenvalue weighted by Crippen LogP contribution is -2.44. The molecule has 1 saturated heterocycles. The molecule has 1 aliphatic heterocycles. The van der Waals surface area contributed by atoms with Crippen molar-refractivity contribution < 1.29 is 23.1 Å². The molecule has 0 aromatic carbocycles. The minimum Gasteiger partial charge on any atom is -0.481 e. The van der Waals surface area contributed by atoms with Gasteiger partial charge in [-0.1, -0.05) is 12.8 Å². The molecular weight excluding hydrogens is 270 g/mol. The normalized spacial score (nSPS) is 33.8. The third kappa shape index (κ3) is 3.46. The monoisotopic (exact) mass is 289 g/mol. The van der Waals surface area contributed by atoms with Crippen molar-refractivity contribution in [2.45, 2.75) is 38.1 Å². The van der Waals surface area contributed by atoms with Gasteiger partial charge in [-0.15, -0.1) is 0 Å². The number of rotatable bonds is 3. The van der Waals surface area contributed by atoms with Gasteiger partial charge < -0.3 is 10.4 Å². The van der Waals surface area contributed by atoms with Crippen LogP contribution in [0.15, 0.2) is 0 Å². The molecule has 2 N–H and O–H groups in total. The highest BCUT2D eigenvalue weighted by Gasteiger charge is 2.37. The number of carbonyl (C=O) groups excluding carboxylic acids is 1. The fourth-order valence-corrected chi connectivity index (χ4v) is 4.63. The Morgan fingerprint density at radius 1 is 1.05 bits per heavy atom. The van der Waals surface area contributed by atoms with E-state index in [9.17, 15) is 18.0 Å². The second kappa shape index (κ2) is 5.48. The Labute approximate surface area is 112 Å². The van der Waals surface area contributed by atoms with Gasteiger partial charge in [0, 0.05) is 6.04 Å². The van der Waals surface area contributed by atoms with Crippen LogP contribution in [0.25, 0.3) is 0 Å². The number of hydrogen-bond donors (Lipinski definition) is 2. The molecule has 1 saturated carbocycles. The number of amides is 1. The lowest BCUT2D eigenvalue weighted by molar-refractivity contribution is -0.149. The predicted octanol–water partition coefficient (Wildman–Crippen LogP) is 0.181. The average Bonchev–Trinajstić information content (AvgIpc) is 2.68. The molecule has 1 aliphatic carbocycles. The summed E-state index contributed by atoms with van der Waals surface area (Å²) in [4.78, 5) is 23.2. The van der Waals surface area contributed by atoms with E-state index in [1.807, 2.05) is 0 Å². The molecule has 7 heteroatoms. The SMILES string of the molecule is O=C(O)C1CCCCC1C(=O)NC1CCS(=O)(=O)C1. The first-order valence-electron chi connectivity index (χ1n) is 6.62. The molecule has 108 valence electrons. The summed E-state index contributed by atoms with van der Waals surface area (Å²) in [6, 6.07) is -0.353. The zero-order valence-electron chi connectivity index (χ0n) is 10.7. The second-order valence-corrected chi connectivity index (χ2v) is 7.67. The Bertz CT molecular complexity index is 473. The van der Waals surface area contributed by atoms with E-state index in [1.165, 1.54) is 0 Å². The maximum absolute atomic E-state index is 12.1. The zero-order valence-corrected chi connectivity index (χ0v) is 11.5. The van der Waals surface area contributed by atoms with E-state index in [1.54, 1.807) is 0 Å². The maximum atomic E-state index is 12.1. The molecule has 0 radical (unpaired) electrons. The van der Waals surface area contributed by atoms with Gasteiger partial charge in [-0.05, 0) is 19.3 Å². The van der Waals surface area contributed by atoms with E-state index < -0.39 is 27.6 Å². The minimum atomic E-state index is -3.03. The Morgan fingerprint density at radius 3 is 2.21 bits per heavy atom. The third-order valence-corrected chi connectivity index (χ3v) is 5.77. The van der Waals surface area contributed by atoms with Gasteiger partial charge in [0.05, 0.1) is 23.3 Å². The summed E-state index contributed by atoms with van der Waals surface area (Å²) < 4.78 is 22.7. The van der Waals surface area contributed by atoms with Crippen LogP contribution in [0.2, 0.25) is 0 Å². The number of hydrogen-bond acceptors (Lipinski definition) is 4. The zero-order chi connectivity index (χ0) is 14.0. The van der Waals surface area contributed by atoms with Gasteiger partial charge in [0.2, 0.25) is 5.91 Å². The van der Waals surface area contributed by atoms with Crippen molar-refractivity contribution in [1.29, 1.82) is 0 Å². The number of sulfone groups is 1. The van der Waals surface area contributed by atoms with Crippen molar-refractivity contribution in [2.75, 3.05) is 11.5 Å². The van der Waals surface area contributed by atoms with E-state index in [-0.39, 0.29) is 23.5 Å². The lowest BCUT2D eigenvalue weighted by atomic mass is 9.78. The van der Waals surface area contributed by atoms with Crippen LogP contribution < -0.4 is 5.32 Å². The van der Waals surface area contributed by atoms with Crippen LogP contribution in [-0.2, 0) is 19.4 Å². The first kappa shape index (κ1) is 14.3. The standard InChI is InChI=1S/C12H19NO5S/c14-11(13-8-5-6-19(17,18)7-8)9-3-1-2-4-10(9)12(15)16/h8-10H,1-7H2,(H,13,14)(H,15,16). The maximum Gasteiger partial charge on any atom is 0.307 e. The summed E-state index contributed by atoms with van der Waals surface area (Å²) in [5, 5.41) is 11.8. The molecule has 2 fully saturated rings. The molecule has 3 unspecified atom stereocenters. The van der Waals surface area contributed by atoms with Crippen molar-refractivity contribution in [3.8, 4) is 0 Å². The van der Waals surface area contributed by atoms with Crippen molar-refractivity contribution >= 4 is 21.7 Å². The van der Waals surface area contributed by atoms with Crippen LogP contribution in [0, 0.1) is 11.8 Å². The van der Waals surface area contributed by atoms with Gasteiger partial charge in [-0.25, -0.2) is 8.42 Å². The third-order valence-electron chi connectivity index (χ3n) is 4.00. The molecule has 0 aromatic rings. The average molecular weight is 289 g/mol. The van der Waals surface area contributed by atoms with E-state index in [0.717, 1.165) is 12.8 Å². The van der Waals surface area contributed by atoms with Crippen LogP contribution in [0.5, 0.6) is 0 Å². The summed E-state index contributed by atoms with van der Waals surface area (Å²) in [6.07, 6.45) is 3.21. The first-order chi connectivity index (χ1) is 8.89. The summed E-state index contributed by atoms with van der Waals surface area (Å²) >= 11 is 0. The largest absolute Gasteiger partial charge is 0.481 e. The fraction of sp³-hybridized carbons (Fsp3) is 0.833. The molecule has 3 atom stereocenters. The molecule has 19 heavy (non-hydrogen) atoms. The van der Waals surface area contributed by atoms with Crippen LogP contribution in [-0.4, -0.2) is 42.9 Å². The molecule has 0 bridgehead atoms. The fourth-order valence-electron chi connectivity index (χ4n) is 2.96. The smallest absolute Gasteiger partial charge is 0.307 e. The highest BCUT2D eigenvalue weighted by Crippen LogP contribution is 2.30. The quantitative estimate of drug-likeness (QED) is 0.772. The van der Waals surface area contributed by atoms with E-state index in [0.29, 0.717) is 19.3 Å². The molecule has 1 amide bonds. The number of carbonyl (C=O) groups is 2. The van der Waals surface area contributed by atoms with Crippen molar-refractivity contribution in [1.82, 2.24) is 5.32 Å². The number of carboxylic acids is 1. The lowest BCUT2D eigenvalue weighted by Gasteiger charge is -2.28. The Balaban J connectivity index is 1.97. The van der Waals surface area contributed by atoms with Crippen LogP contribution in [0.4, 0.5) is 0 Å². The minimum absolute atomic E-state index is 0.0246. The summed E-state index contributed by atoms with van der Waals surface area (Å²) in [5.74, 6) is -2.30. The molecule has 2 aliphatic rings. The molecule has 1 heterocycles. The van der Waals surface area contributed by atoms with Gasteiger partial charge in [0.1, 0.15) is 0 Å². The number of nitrogens with one attached hydrogen (secondary N) is 1. The van der Waals surface area contributed by atoms with E-state index >= 15 is 0 Å². The highest BCUT2D eigenvalue weighted by atomic mass is 32.2. The van der Waals surface area contributed by atoms with Gasteiger partial charge in [-0.3, -0.25) is 9.59 Å². The van der Waals surface area contributed by atoms with Gasteiger partial charge in [0.15, 0.2) is 9.84 Å². The van der Waals surface area contributed by atoms with Gasteiger partial charge >= 0.3 is 5.97 Å². The van der Waals surface area contributed by atoms with Crippen molar-refractivity contribution in [2.24, 2.45) is 11.8 Å². The van der Waals surface area contributed by atoms with E-state index in [2.05, 4.69) is 5.32 Å². The first-order valence-corrected chi connectivity index (χ1v) is 8.45. The Morgan fingerprint density at radius 2 is 1.68 bits per heavy atom. The van der Waals surface area contributed by atoms with Gasteiger partial charge in [0.25, 0.3) is 0 Å². The van der Waals surface area contributed by atoms with E-state index in [4.69, 9.17) is 5.11 Å². The molecule has 2 rings (SSSR count). The van der Waals surface area contributed by atoms with Gasteiger partial charge in [-0.2, -0.15) is 0 Å².